The van der Waals surface area contributed by atoms with E-state index in [-0.39, 0.29) is 5.82 Å². The van der Waals surface area contributed by atoms with Gasteiger partial charge in [0, 0.05) is 30.4 Å². The second kappa shape index (κ2) is 7.60. The van der Waals surface area contributed by atoms with E-state index in [4.69, 9.17) is 0 Å². The molecule has 3 heteroatoms. The largest absolute Gasteiger partial charge is 0.354 e. The van der Waals surface area contributed by atoms with Crippen LogP contribution in [0, 0.1) is 30.5 Å². The first-order valence-electron chi connectivity index (χ1n) is 7.60. The van der Waals surface area contributed by atoms with Crippen molar-refractivity contribution < 1.29 is 4.39 Å². The summed E-state index contributed by atoms with van der Waals surface area (Å²) in [6.45, 7) is 6.16. The third-order valence-corrected chi connectivity index (χ3v) is 3.29. The molecule has 0 saturated carbocycles. The van der Waals surface area contributed by atoms with E-state index >= 15 is 0 Å². The molecule has 1 N–H and O–H groups in total. The molecular formula is C20H21FN2. The molecule has 0 spiro atoms. The smallest absolute Gasteiger partial charge is 0.123 e. The molecule has 0 bridgehead atoms. The van der Waals surface area contributed by atoms with E-state index in [9.17, 15) is 4.39 Å². The first-order valence-corrected chi connectivity index (χ1v) is 7.60. The SMILES string of the molecule is C/N=C\c1cc(Nc2ccc(F)cc2)c(C#CC(C)C)cc1C. The van der Waals surface area contributed by atoms with Crippen LogP contribution in [0.3, 0.4) is 0 Å². The Morgan fingerprint density at radius 1 is 1.17 bits per heavy atom. The molecule has 0 atom stereocenters. The lowest BCUT2D eigenvalue weighted by atomic mass is 10.0. The number of anilines is 2. The van der Waals surface area contributed by atoms with Crippen molar-refractivity contribution in [1.29, 1.82) is 0 Å². The summed E-state index contributed by atoms with van der Waals surface area (Å²) < 4.78 is 13.1. The van der Waals surface area contributed by atoms with E-state index in [2.05, 4.69) is 42.1 Å². The van der Waals surface area contributed by atoms with Crippen LogP contribution < -0.4 is 5.32 Å². The minimum atomic E-state index is -0.252. The Hall–Kier alpha value is -2.60. The molecule has 0 aliphatic rings. The van der Waals surface area contributed by atoms with Gasteiger partial charge < -0.3 is 5.32 Å². The fourth-order valence-corrected chi connectivity index (χ4v) is 2.12. The summed E-state index contributed by atoms with van der Waals surface area (Å²) in [4.78, 5) is 4.09. The van der Waals surface area contributed by atoms with Crippen molar-refractivity contribution in [1.82, 2.24) is 0 Å². The molecule has 2 rings (SSSR count). The lowest BCUT2D eigenvalue weighted by Gasteiger charge is -2.12. The van der Waals surface area contributed by atoms with Gasteiger partial charge >= 0.3 is 0 Å². The van der Waals surface area contributed by atoms with Crippen LogP contribution in [-0.4, -0.2) is 13.3 Å². The summed E-state index contributed by atoms with van der Waals surface area (Å²) in [6.07, 6.45) is 1.82. The molecule has 0 aliphatic carbocycles. The second-order valence-electron chi connectivity index (χ2n) is 5.70. The van der Waals surface area contributed by atoms with Crippen molar-refractivity contribution in [2.45, 2.75) is 20.8 Å². The van der Waals surface area contributed by atoms with Gasteiger partial charge in [0.25, 0.3) is 0 Å². The van der Waals surface area contributed by atoms with Crippen molar-refractivity contribution >= 4 is 17.6 Å². The highest BCUT2D eigenvalue weighted by atomic mass is 19.1. The van der Waals surface area contributed by atoms with Crippen LogP contribution in [0.2, 0.25) is 0 Å². The van der Waals surface area contributed by atoms with Crippen molar-refractivity contribution in [3.8, 4) is 11.8 Å². The first kappa shape index (κ1) is 16.8. The Labute approximate surface area is 137 Å². The van der Waals surface area contributed by atoms with Crippen LogP contribution in [0.4, 0.5) is 15.8 Å². The minimum Gasteiger partial charge on any atom is -0.354 e. The lowest BCUT2D eigenvalue weighted by Crippen LogP contribution is -1.98. The molecule has 23 heavy (non-hydrogen) atoms. The van der Waals surface area contributed by atoms with E-state index in [1.54, 1.807) is 19.2 Å². The van der Waals surface area contributed by atoms with Crippen LogP contribution in [0.1, 0.15) is 30.5 Å². The van der Waals surface area contributed by atoms with Crippen molar-refractivity contribution in [3.05, 3.63) is 58.9 Å². The fourth-order valence-electron chi connectivity index (χ4n) is 2.12. The van der Waals surface area contributed by atoms with E-state index < -0.39 is 0 Å². The van der Waals surface area contributed by atoms with Gasteiger partial charge in [0.1, 0.15) is 5.82 Å². The Kier molecular flexibility index (Phi) is 5.54. The Morgan fingerprint density at radius 2 is 1.87 bits per heavy atom. The molecule has 0 unspecified atom stereocenters. The molecule has 0 saturated heterocycles. The number of hydrogen-bond acceptors (Lipinski definition) is 2. The molecule has 0 aromatic heterocycles. The summed E-state index contributed by atoms with van der Waals surface area (Å²) in [7, 11) is 1.75. The van der Waals surface area contributed by atoms with Gasteiger partial charge in [-0.25, -0.2) is 4.39 Å². The number of benzene rings is 2. The molecule has 2 aromatic rings. The number of nitrogens with one attached hydrogen (secondary N) is 1. The highest BCUT2D eigenvalue weighted by Gasteiger charge is 2.06. The molecule has 0 aliphatic heterocycles. The van der Waals surface area contributed by atoms with Gasteiger partial charge in [-0.3, -0.25) is 4.99 Å². The minimum absolute atomic E-state index is 0.252. The Morgan fingerprint density at radius 3 is 2.48 bits per heavy atom. The average Bonchev–Trinajstić information content (AvgIpc) is 2.51. The van der Waals surface area contributed by atoms with Gasteiger partial charge in [-0.05, 0) is 54.4 Å². The summed E-state index contributed by atoms with van der Waals surface area (Å²) >= 11 is 0. The number of rotatable bonds is 3. The lowest BCUT2D eigenvalue weighted by molar-refractivity contribution is 0.628. The summed E-state index contributed by atoms with van der Waals surface area (Å²) in [5, 5.41) is 3.32. The number of hydrogen-bond donors (Lipinski definition) is 1. The van der Waals surface area contributed by atoms with Crippen LogP contribution in [0.25, 0.3) is 0 Å². The molecule has 0 fully saturated rings. The van der Waals surface area contributed by atoms with Gasteiger partial charge in [-0.1, -0.05) is 25.7 Å². The predicted molar refractivity (Wildman–Crippen MR) is 96.1 cm³/mol. The van der Waals surface area contributed by atoms with E-state index in [1.165, 1.54) is 12.1 Å². The normalized spacial score (nSPS) is 10.7. The summed E-state index contributed by atoms with van der Waals surface area (Å²) in [5.41, 5.74) is 4.79. The number of aliphatic imine (C=N–C) groups is 1. The zero-order valence-corrected chi connectivity index (χ0v) is 13.9. The Balaban J connectivity index is 2.46. The second-order valence-corrected chi connectivity index (χ2v) is 5.70. The number of aryl methyl sites for hydroxylation is 1. The third kappa shape index (κ3) is 4.69. The van der Waals surface area contributed by atoms with Crippen LogP contribution in [0.15, 0.2) is 41.4 Å². The maximum atomic E-state index is 13.1. The van der Waals surface area contributed by atoms with E-state index in [0.29, 0.717) is 5.92 Å². The zero-order valence-electron chi connectivity index (χ0n) is 13.9. The molecule has 118 valence electrons. The van der Waals surface area contributed by atoms with Crippen LogP contribution in [-0.2, 0) is 0 Å². The molecule has 2 aromatic carbocycles. The third-order valence-electron chi connectivity index (χ3n) is 3.29. The maximum Gasteiger partial charge on any atom is 0.123 e. The predicted octanol–water partition coefficient (Wildman–Crippen LogP) is 4.93. The Bertz CT molecular complexity index is 763. The average molecular weight is 308 g/mol. The highest BCUT2D eigenvalue weighted by molar-refractivity contribution is 5.85. The van der Waals surface area contributed by atoms with Gasteiger partial charge in [-0.2, -0.15) is 0 Å². The first-order chi connectivity index (χ1) is 11.0. The highest BCUT2D eigenvalue weighted by Crippen LogP contribution is 2.24. The van der Waals surface area contributed by atoms with Crippen LogP contribution in [0.5, 0.6) is 0 Å². The van der Waals surface area contributed by atoms with Crippen LogP contribution >= 0.6 is 0 Å². The number of halogens is 1. The summed E-state index contributed by atoms with van der Waals surface area (Å²) in [5.74, 6) is 6.46. The van der Waals surface area contributed by atoms with Gasteiger partial charge in [0.2, 0.25) is 0 Å². The summed E-state index contributed by atoms with van der Waals surface area (Å²) in [6, 6.07) is 10.4. The maximum absolute atomic E-state index is 13.1. The monoisotopic (exact) mass is 308 g/mol. The molecule has 0 heterocycles. The van der Waals surface area contributed by atoms with Gasteiger partial charge in [0.05, 0.1) is 5.69 Å². The molecule has 2 nitrogen and oxygen atoms in total. The number of nitrogens with zero attached hydrogens (tertiary/aromatic N) is 1. The zero-order chi connectivity index (χ0) is 16.8. The standard InChI is InChI=1S/C20H21FN2/c1-14(2)5-6-16-11-15(3)17(13-22-4)12-20(16)23-19-9-7-18(21)8-10-19/h7-14,23H,1-4H3/b22-13-. The molecule has 0 radical (unpaired) electrons. The van der Waals surface area contributed by atoms with Crippen molar-refractivity contribution in [2.75, 3.05) is 12.4 Å². The molecule has 0 amide bonds. The topological polar surface area (TPSA) is 24.4 Å². The van der Waals surface area contributed by atoms with Gasteiger partial charge in [-0.15, -0.1) is 0 Å². The van der Waals surface area contributed by atoms with E-state index in [0.717, 1.165) is 28.1 Å². The molecular weight excluding hydrogens is 287 g/mol. The van der Waals surface area contributed by atoms with E-state index in [1.807, 2.05) is 19.2 Å². The van der Waals surface area contributed by atoms with Crippen molar-refractivity contribution in [2.24, 2.45) is 10.9 Å². The van der Waals surface area contributed by atoms with Crippen molar-refractivity contribution in [3.63, 3.8) is 0 Å². The van der Waals surface area contributed by atoms with Gasteiger partial charge in [0.15, 0.2) is 0 Å². The fraction of sp³-hybridized carbons (Fsp3) is 0.250. The quantitative estimate of drug-likeness (QED) is 0.631.